The van der Waals surface area contributed by atoms with Crippen LogP contribution in [0, 0.1) is 0 Å². The van der Waals surface area contributed by atoms with E-state index in [4.69, 9.17) is 9.84 Å². The van der Waals surface area contributed by atoms with Crippen LogP contribution in [0.1, 0.15) is 16.1 Å². The third-order valence-electron chi connectivity index (χ3n) is 3.25. The smallest absolute Gasteiger partial charge is 0.354 e. The molecule has 0 aliphatic heterocycles. The minimum atomic E-state index is -3.61. The average molecular weight is 365 g/mol. The molecule has 9 heteroatoms. The Bertz CT molecular complexity index is 839. The molecule has 2 aromatic rings. The van der Waals surface area contributed by atoms with E-state index in [1.54, 1.807) is 30.3 Å². The van der Waals surface area contributed by atoms with Gasteiger partial charge in [-0.05, 0) is 29.8 Å². The van der Waals surface area contributed by atoms with Gasteiger partial charge in [0, 0.05) is 20.2 Å². The lowest BCUT2D eigenvalue weighted by molar-refractivity contribution is 0.0690. The third kappa shape index (κ3) is 5.52. The molecule has 0 aliphatic carbocycles. The van der Waals surface area contributed by atoms with Gasteiger partial charge in [0.1, 0.15) is 5.82 Å². The summed E-state index contributed by atoms with van der Waals surface area (Å²) < 4.78 is 31.6. The van der Waals surface area contributed by atoms with Gasteiger partial charge in [-0.25, -0.2) is 22.9 Å². The summed E-state index contributed by atoms with van der Waals surface area (Å²) >= 11 is 0. The van der Waals surface area contributed by atoms with E-state index in [1.165, 1.54) is 19.2 Å². The summed E-state index contributed by atoms with van der Waals surface area (Å²) in [6.45, 7) is 0.775. The van der Waals surface area contributed by atoms with E-state index in [-0.39, 0.29) is 23.7 Å². The van der Waals surface area contributed by atoms with E-state index >= 15 is 0 Å². The monoisotopic (exact) mass is 365 g/mol. The number of hydrogen-bond acceptors (Lipinski definition) is 6. The van der Waals surface area contributed by atoms with Crippen molar-refractivity contribution < 1.29 is 23.1 Å². The number of sulfonamides is 1. The zero-order chi connectivity index (χ0) is 18.3. The largest absolute Gasteiger partial charge is 0.477 e. The maximum atomic E-state index is 12.2. The Hall–Kier alpha value is -2.49. The molecule has 1 aromatic carbocycles. The zero-order valence-electron chi connectivity index (χ0n) is 13.6. The average Bonchev–Trinajstić information content (AvgIpc) is 2.60. The second-order valence-corrected chi connectivity index (χ2v) is 6.87. The van der Waals surface area contributed by atoms with E-state index in [1.807, 2.05) is 0 Å². The predicted molar refractivity (Wildman–Crippen MR) is 92.0 cm³/mol. The molecule has 1 aromatic heterocycles. The SMILES string of the molecule is COCCNS(=O)(=O)c1cccc(CNc2cccc(C(=O)O)n2)c1. The van der Waals surface area contributed by atoms with E-state index in [0.717, 1.165) is 5.56 Å². The summed E-state index contributed by atoms with van der Waals surface area (Å²) in [4.78, 5) is 15.0. The number of anilines is 1. The summed E-state index contributed by atoms with van der Waals surface area (Å²) in [5.41, 5.74) is 0.654. The van der Waals surface area contributed by atoms with Crippen molar-refractivity contribution in [2.75, 3.05) is 25.6 Å². The molecule has 0 radical (unpaired) electrons. The highest BCUT2D eigenvalue weighted by Gasteiger charge is 2.13. The molecule has 2 rings (SSSR count). The van der Waals surface area contributed by atoms with Crippen molar-refractivity contribution in [1.29, 1.82) is 0 Å². The molecule has 1 heterocycles. The van der Waals surface area contributed by atoms with Gasteiger partial charge >= 0.3 is 5.97 Å². The van der Waals surface area contributed by atoms with Crippen LogP contribution in [0.3, 0.4) is 0 Å². The lowest BCUT2D eigenvalue weighted by atomic mass is 10.2. The Morgan fingerprint density at radius 3 is 2.72 bits per heavy atom. The van der Waals surface area contributed by atoms with Crippen molar-refractivity contribution in [3.63, 3.8) is 0 Å². The number of pyridine rings is 1. The minimum Gasteiger partial charge on any atom is -0.477 e. The highest BCUT2D eigenvalue weighted by Crippen LogP contribution is 2.13. The fourth-order valence-corrected chi connectivity index (χ4v) is 3.11. The summed E-state index contributed by atoms with van der Waals surface area (Å²) in [6, 6.07) is 11.1. The van der Waals surface area contributed by atoms with Gasteiger partial charge in [-0.3, -0.25) is 0 Å². The first-order valence-corrected chi connectivity index (χ1v) is 8.92. The lowest BCUT2D eigenvalue weighted by Gasteiger charge is -2.09. The van der Waals surface area contributed by atoms with Gasteiger partial charge in [0.2, 0.25) is 10.0 Å². The quantitative estimate of drug-likeness (QED) is 0.574. The van der Waals surface area contributed by atoms with Crippen molar-refractivity contribution in [2.45, 2.75) is 11.4 Å². The van der Waals surface area contributed by atoms with Gasteiger partial charge in [-0.2, -0.15) is 0 Å². The first-order chi connectivity index (χ1) is 11.9. The third-order valence-corrected chi connectivity index (χ3v) is 4.71. The van der Waals surface area contributed by atoms with Gasteiger partial charge in [0.15, 0.2) is 5.69 Å². The number of carboxylic acids is 1. The maximum absolute atomic E-state index is 12.2. The number of nitrogens with zero attached hydrogens (tertiary/aromatic N) is 1. The summed E-state index contributed by atoms with van der Waals surface area (Å²) in [6.07, 6.45) is 0. The number of hydrogen-bond donors (Lipinski definition) is 3. The van der Waals surface area contributed by atoms with Gasteiger partial charge < -0.3 is 15.2 Å². The molecule has 0 saturated carbocycles. The van der Waals surface area contributed by atoms with Crippen molar-refractivity contribution in [1.82, 2.24) is 9.71 Å². The molecule has 25 heavy (non-hydrogen) atoms. The number of methoxy groups -OCH3 is 1. The second-order valence-electron chi connectivity index (χ2n) is 5.10. The van der Waals surface area contributed by atoms with Crippen LogP contribution in [-0.2, 0) is 21.3 Å². The number of carboxylic acid groups (broad SMARTS) is 1. The topological polar surface area (TPSA) is 118 Å². The fourth-order valence-electron chi connectivity index (χ4n) is 2.03. The lowest BCUT2D eigenvalue weighted by Crippen LogP contribution is -2.27. The van der Waals surface area contributed by atoms with Crippen LogP contribution in [0.4, 0.5) is 5.82 Å². The Kier molecular flexibility index (Phi) is 6.45. The molecule has 0 spiro atoms. The molecule has 0 fully saturated rings. The van der Waals surface area contributed by atoms with Crippen molar-refractivity contribution in [2.24, 2.45) is 0 Å². The fraction of sp³-hybridized carbons (Fsp3) is 0.250. The molecular formula is C16H19N3O5S. The van der Waals surface area contributed by atoms with Crippen LogP contribution in [0.5, 0.6) is 0 Å². The van der Waals surface area contributed by atoms with E-state index in [9.17, 15) is 13.2 Å². The van der Waals surface area contributed by atoms with Crippen LogP contribution in [-0.4, -0.2) is 44.7 Å². The van der Waals surface area contributed by atoms with Crippen molar-refractivity contribution in [3.05, 3.63) is 53.7 Å². The van der Waals surface area contributed by atoms with Gasteiger partial charge in [0.05, 0.1) is 11.5 Å². The zero-order valence-corrected chi connectivity index (χ0v) is 14.4. The molecule has 0 atom stereocenters. The summed E-state index contributed by atoms with van der Waals surface area (Å²) in [5.74, 6) is -0.717. The Labute approximate surface area is 145 Å². The Balaban J connectivity index is 2.06. The maximum Gasteiger partial charge on any atom is 0.354 e. The first-order valence-electron chi connectivity index (χ1n) is 7.44. The van der Waals surface area contributed by atoms with E-state index < -0.39 is 16.0 Å². The number of carbonyl (C=O) groups is 1. The number of aromatic nitrogens is 1. The van der Waals surface area contributed by atoms with Crippen molar-refractivity contribution >= 4 is 21.8 Å². The number of benzene rings is 1. The van der Waals surface area contributed by atoms with Gasteiger partial charge in [-0.1, -0.05) is 18.2 Å². The summed E-state index contributed by atoms with van der Waals surface area (Å²) in [5, 5.41) is 11.9. The normalized spacial score (nSPS) is 11.2. The second kappa shape index (κ2) is 8.56. The molecule has 0 aliphatic rings. The van der Waals surface area contributed by atoms with Crippen LogP contribution in [0.15, 0.2) is 47.4 Å². The van der Waals surface area contributed by atoms with Crippen molar-refractivity contribution in [3.8, 4) is 0 Å². The molecular weight excluding hydrogens is 346 g/mol. The number of ether oxygens (including phenoxy) is 1. The molecule has 0 saturated heterocycles. The van der Waals surface area contributed by atoms with Gasteiger partial charge in [-0.15, -0.1) is 0 Å². The minimum absolute atomic E-state index is 0.0660. The van der Waals surface area contributed by atoms with Crippen LogP contribution >= 0.6 is 0 Å². The molecule has 3 N–H and O–H groups in total. The number of rotatable bonds is 9. The highest BCUT2D eigenvalue weighted by molar-refractivity contribution is 7.89. The van der Waals surface area contributed by atoms with Crippen LogP contribution < -0.4 is 10.0 Å². The number of aromatic carboxylic acids is 1. The Morgan fingerprint density at radius 2 is 2.00 bits per heavy atom. The van der Waals surface area contributed by atoms with E-state index in [2.05, 4.69) is 15.0 Å². The first kappa shape index (κ1) is 18.8. The highest BCUT2D eigenvalue weighted by atomic mass is 32.2. The van der Waals surface area contributed by atoms with Crippen LogP contribution in [0.2, 0.25) is 0 Å². The van der Waals surface area contributed by atoms with Gasteiger partial charge in [0.25, 0.3) is 0 Å². The van der Waals surface area contributed by atoms with Crippen LogP contribution in [0.25, 0.3) is 0 Å². The standard InChI is InChI=1S/C16H19N3O5S/c1-24-9-8-18-25(22,23)13-5-2-4-12(10-13)11-17-15-7-3-6-14(19-15)16(20)21/h2-7,10,18H,8-9,11H2,1H3,(H,17,19)(H,20,21). The summed E-state index contributed by atoms with van der Waals surface area (Å²) in [7, 11) is -2.11. The molecule has 0 bridgehead atoms. The number of nitrogens with one attached hydrogen (secondary N) is 2. The molecule has 0 amide bonds. The Morgan fingerprint density at radius 1 is 1.24 bits per heavy atom. The molecule has 0 unspecified atom stereocenters. The predicted octanol–water partition coefficient (Wildman–Crippen LogP) is 1.32. The molecule has 134 valence electrons. The van der Waals surface area contributed by atoms with E-state index in [0.29, 0.717) is 12.4 Å². The molecule has 8 nitrogen and oxygen atoms in total.